The third-order valence-electron chi connectivity index (χ3n) is 1.96. The van der Waals surface area contributed by atoms with Crippen LogP contribution in [0.2, 0.25) is 0 Å². The van der Waals surface area contributed by atoms with Gasteiger partial charge in [-0.15, -0.1) is 0 Å². The van der Waals surface area contributed by atoms with Crippen molar-refractivity contribution >= 4 is 0 Å². The second kappa shape index (κ2) is 3.45. The van der Waals surface area contributed by atoms with Crippen LogP contribution in [0, 0.1) is 0 Å². The second-order valence-corrected chi connectivity index (χ2v) is 2.96. The number of nitrogens with one attached hydrogen (secondary N) is 1. The topological polar surface area (TPSA) is 15.3 Å². The molecule has 1 aliphatic rings. The lowest BCUT2D eigenvalue weighted by Gasteiger charge is -2.22. The van der Waals surface area contributed by atoms with Gasteiger partial charge in [0.1, 0.15) is 0 Å². The standard InChI is InChI=1S/C7H14F2N2/c1-10-11-5-3-2-4-7(8,9)6-11/h10H,2-6H2,1H3. The zero-order valence-electron chi connectivity index (χ0n) is 6.74. The molecule has 1 heterocycles. The molecule has 1 rings (SSSR count). The van der Waals surface area contributed by atoms with Crippen LogP contribution >= 0.6 is 0 Å². The van der Waals surface area contributed by atoms with Crippen molar-refractivity contribution in [2.45, 2.75) is 25.2 Å². The Hall–Kier alpha value is -0.220. The highest BCUT2D eigenvalue weighted by molar-refractivity contribution is 4.74. The molecule has 0 radical (unpaired) electrons. The predicted octanol–water partition coefficient (Wildman–Crippen LogP) is 1.24. The number of hydrazine groups is 1. The van der Waals surface area contributed by atoms with Gasteiger partial charge in [0.05, 0.1) is 6.54 Å². The molecular formula is C7H14F2N2. The predicted molar refractivity (Wildman–Crippen MR) is 39.4 cm³/mol. The van der Waals surface area contributed by atoms with Crippen molar-refractivity contribution in [3.63, 3.8) is 0 Å². The first-order valence-electron chi connectivity index (χ1n) is 3.94. The minimum atomic E-state index is -2.50. The fourth-order valence-electron chi connectivity index (χ4n) is 1.31. The molecule has 1 aliphatic heterocycles. The van der Waals surface area contributed by atoms with Crippen LogP contribution in [0.3, 0.4) is 0 Å². The highest BCUT2D eigenvalue weighted by Gasteiger charge is 2.32. The van der Waals surface area contributed by atoms with Crippen molar-refractivity contribution in [2.24, 2.45) is 0 Å². The Kier molecular flexibility index (Phi) is 2.78. The van der Waals surface area contributed by atoms with Gasteiger partial charge in [-0.3, -0.25) is 5.43 Å². The maximum Gasteiger partial charge on any atom is 0.261 e. The number of halogens is 2. The minimum absolute atomic E-state index is 0.0329. The molecule has 11 heavy (non-hydrogen) atoms. The molecule has 1 N–H and O–H groups in total. The Bertz CT molecular complexity index is 128. The normalized spacial score (nSPS) is 26.5. The third-order valence-corrected chi connectivity index (χ3v) is 1.96. The molecule has 66 valence electrons. The first-order valence-corrected chi connectivity index (χ1v) is 3.94. The van der Waals surface area contributed by atoms with E-state index in [-0.39, 0.29) is 13.0 Å². The van der Waals surface area contributed by atoms with Crippen LogP contribution in [0.1, 0.15) is 19.3 Å². The van der Waals surface area contributed by atoms with E-state index in [0.717, 1.165) is 13.0 Å². The molecular weight excluding hydrogens is 150 g/mol. The summed E-state index contributed by atoms with van der Waals surface area (Å²) in [7, 11) is 1.68. The van der Waals surface area contributed by atoms with E-state index in [1.54, 1.807) is 12.1 Å². The van der Waals surface area contributed by atoms with Crippen LogP contribution in [0.4, 0.5) is 8.78 Å². The Labute approximate surface area is 65.5 Å². The molecule has 1 saturated heterocycles. The molecule has 0 aromatic rings. The summed E-state index contributed by atoms with van der Waals surface area (Å²) in [5.41, 5.74) is 2.75. The van der Waals surface area contributed by atoms with Gasteiger partial charge in [0.25, 0.3) is 5.92 Å². The smallest absolute Gasteiger partial charge is 0.258 e. The van der Waals surface area contributed by atoms with Crippen LogP contribution in [-0.4, -0.2) is 31.1 Å². The maximum atomic E-state index is 12.8. The van der Waals surface area contributed by atoms with Gasteiger partial charge in [0.15, 0.2) is 0 Å². The lowest BCUT2D eigenvalue weighted by atomic mass is 10.2. The van der Waals surface area contributed by atoms with Gasteiger partial charge >= 0.3 is 0 Å². The third kappa shape index (κ3) is 2.71. The van der Waals surface area contributed by atoms with E-state index >= 15 is 0 Å². The SMILES string of the molecule is CNN1CCCCC(F)(F)C1. The minimum Gasteiger partial charge on any atom is -0.258 e. The molecule has 2 nitrogen and oxygen atoms in total. The summed E-state index contributed by atoms with van der Waals surface area (Å²) in [5, 5.41) is 1.58. The van der Waals surface area contributed by atoms with Gasteiger partial charge in [0, 0.05) is 13.0 Å². The molecule has 0 bridgehead atoms. The van der Waals surface area contributed by atoms with E-state index in [2.05, 4.69) is 5.43 Å². The van der Waals surface area contributed by atoms with Crippen molar-refractivity contribution in [1.82, 2.24) is 10.4 Å². The summed E-state index contributed by atoms with van der Waals surface area (Å²) in [5.74, 6) is -2.50. The first-order chi connectivity index (χ1) is 5.14. The van der Waals surface area contributed by atoms with E-state index in [4.69, 9.17) is 0 Å². The van der Waals surface area contributed by atoms with Gasteiger partial charge < -0.3 is 0 Å². The highest BCUT2D eigenvalue weighted by atomic mass is 19.3. The lowest BCUT2D eigenvalue weighted by molar-refractivity contribution is -0.0385. The lowest BCUT2D eigenvalue weighted by Crippen LogP contribution is -2.42. The Morgan fingerprint density at radius 2 is 2.09 bits per heavy atom. The molecule has 0 saturated carbocycles. The Morgan fingerprint density at radius 3 is 2.73 bits per heavy atom. The fraction of sp³-hybridized carbons (Fsp3) is 1.00. The maximum absolute atomic E-state index is 12.8. The molecule has 1 fully saturated rings. The molecule has 0 aliphatic carbocycles. The van der Waals surface area contributed by atoms with E-state index in [1.165, 1.54) is 0 Å². The van der Waals surface area contributed by atoms with Crippen molar-refractivity contribution in [3.8, 4) is 0 Å². The second-order valence-electron chi connectivity index (χ2n) is 2.96. The van der Waals surface area contributed by atoms with Crippen molar-refractivity contribution in [1.29, 1.82) is 0 Å². The quantitative estimate of drug-likeness (QED) is 0.627. The van der Waals surface area contributed by atoms with Crippen LogP contribution in [0.25, 0.3) is 0 Å². The molecule has 0 unspecified atom stereocenters. The monoisotopic (exact) mass is 164 g/mol. The number of hydrogen-bond acceptors (Lipinski definition) is 2. The van der Waals surface area contributed by atoms with E-state index in [0.29, 0.717) is 6.42 Å². The number of nitrogens with zero attached hydrogens (tertiary/aromatic N) is 1. The van der Waals surface area contributed by atoms with Crippen molar-refractivity contribution < 1.29 is 8.78 Å². The summed E-state index contributed by atoms with van der Waals surface area (Å²) in [6.07, 6.45) is 1.52. The summed E-state index contributed by atoms with van der Waals surface area (Å²) in [6, 6.07) is 0. The molecule has 4 heteroatoms. The van der Waals surface area contributed by atoms with Crippen LogP contribution in [0.15, 0.2) is 0 Å². The summed E-state index contributed by atoms with van der Waals surface area (Å²) < 4.78 is 25.6. The van der Waals surface area contributed by atoms with Gasteiger partial charge in [0.2, 0.25) is 0 Å². The van der Waals surface area contributed by atoms with Crippen LogP contribution < -0.4 is 5.43 Å². The molecule has 0 amide bonds. The average molecular weight is 164 g/mol. The van der Waals surface area contributed by atoms with E-state index in [1.807, 2.05) is 0 Å². The van der Waals surface area contributed by atoms with Crippen molar-refractivity contribution in [3.05, 3.63) is 0 Å². The number of alkyl halides is 2. The summed E-state index contributed by atoms with van der Waals surface area (Å²) in [4.78, 5) is 0. The van der Waals surface area contributed by atoms with E-state index < -0.39 is 5.92 Å². The van der Waals surface area contributed by atoms with Gasteiger partial charge in [-0.2, -0.15) is 0 Å². The van der Waals surface area contributed by atoms with Crippen LogP contribution in [0.5, 0.6) is 0 Å². The van der Waals surface area contributed by atoms with Crippen LogP contribution in [-0.2, 0) is 0 Å². The van der Waals surface area contributed by atoms with Gasteiger partial charge in [-0.05, 0) is 19.9 Å². The Balaban J connectivity index is 2.47. The van der Waals surface area contributed by atoms with Gasteiger partial charge in [-0.1, -0.05) is 0 Å². The number of hydrogen-bond donors (Lipinski definition) is 1. The largest absolute Gasteiger partial charge is 0.261 e. The van der Waals surface area contributed by atoms with E-state index in [9.17, 15) is 8.78 Å². The summed E-state index contributed by atoms with van der Waals surface area (Å²) >= 11 is 0. The zero-order chi connectivity index (χ0) is 8.32. The number of rotatable bonds is 1. The molecule has 0 aromatic carbocycles. The molecule has 0 spiro atoms. The van der Waals surface area contributed by atoms with Crippen molar-refractivity contribution in [2.75, 3.05) is 20.1 Å². The fourth-order valence-corrected chi connectivity index (χ4v) is 1.31. The summed E-state index contributed by atoms with van der Waals surface area (Å²) in [6.45, 7) is 0.579. The van der Waals surface area contributed by atoms with Gasteiger partial charge in [-0.25, -0.2) is 13.8 Å². The molecule has 0 aromatic heterocycles. The zero-order valence-corrected chi connectivity index (χ0v) is 6.74. The Morgan fingerprint density at radius 1 is 1.36 bits per heavy atom. The molecule has 0 atom stereocenters. The first kappa shape index (κ1) is 8.87. The highest BCUT2D eigenvalue weighted by Crippen LogP contribution is 2.24. The average Bonchev–Trinajstić information content (AvgIpc) is 2.10.